The van der Waals surface area contributed by atoms with Crippen molar-refractivity contribution in [1.29, 1.82) is 0 Å². The lowest BCUT2D eigenvalue weighted by Gasteiger charge is -2.35. The van der Waals surface area contributed by atoms with E-state index in [0.29, 0.717) is 5.92 Å². The van der Waals surface area contributed by atoms with Crippen LogP contribution in [0.4, 0.5) is 5.69 Å². The second kappa shape index (κ2) is 10.4. The van der Waals surface area contributed by atoms with Gasteiger partial charge in [0.1, 0.15) is 0 Å². The van der Waals surface area contributed by atoms with Crippen molar-refractivity contribution in [2.24, 2.45) is 10.9 Å². The highest BCUT2D eigenvalue weighted by Crippen LogP contribution is 2.40. The van der Waals surface area contributed by atoms with Gasteiger partial charge in [0, 0.05) is 35.2 Å². The Balaban J connectivity index is 1.40. The third-order valence-electron chi connectivity index (χ3n) is 7.52. The second-order valence-corrected chi connectivity index (χ2v) is 11.1. The number of hydrogen-bond acceptors (Lipinski definition) is 3. The molecule has 2 aliphatic rings. The largest absolute Gasteiger partial charge is 0.342 e. The van der Waals surface area contributed by atoms with Crippen molar-refractivity contribution in [3.05, 3.63) is 107 Å². The molecule has 2 atom stereocenters. The highest BCUT2D eigenvalue weighted by atomic mass is 32.2. The Morgan fingerprint density at radius 2 is 1.62 bits per heavy atom. The molecule has 0 spiro atoms. The molecule has 186 valence electrons. The van der Waals surface area contributed by atoms with Gasteiger partial charge in [-0.15, -0.1) is 0 Å². The van der Waals surface area contributed by atoms with E-state index in [0.717, 1.165) is 52.5 Å². The predicted octanol–water partition coefficient (Wildman–Crippen LogP) is 7.87. The SMILES string of the molecule is C[C@@H]1CCCC[C@H]1N1C(=O)/C(=C/c2cn(Cc3ccccc3)c3ccccc23)SC1=Nc1ccccc1. The van der Waals surface area contributed by atoms with Gasteiger partial charge in [0.05, 0.1) is 10.6 Å². The minimum Gasteiger partial charge on any atom is -0.342 e. The molecular weight excluding hydrogens is 474 g/mol. The van der Waals surface area contributed by atoms with E-state index in [1.165, 1.54) is 29.3 Å². The molecule has 4 nitrogen and oxygen atoms in total. The fourth-order valence-electron chi connectivity index (χ4n) is 5.59. The predicted molar refractivity (Wildman–Crippen MR) is 155 cm³/mol. The van der Waals surface area contributed by atoms with Gasteiger partial charge in [-0.2, -0.15) is 0 Å². The van der Waals surface area contributed by atoms with Gasteiger partial charge >= 0.3 is 0 Å². The molecule has 1 saturated heterocycles. The first-order chi connectivity index (χ1) is 18.2. The van der Waals surface area contributed by atoms with Crippen molar-refractivity contribution in [1.82, 2.24) is 9.47 Å². The lowest BCUT2D eigenvalue weighted by atomic mass is 9.85. The summed E-state index contributed by atoms with van der Waals surface area (Å²) in [7, 11) is 0. The Morgan fingerprint density at radius 3 is 2.41 bits per heavy atom. The maximum absolute atomic E-state index is 13.9. The number of nitrogens with zero attached hydrogens (tertiary/aromatic N) is 3. The van der Waals surface area contributed by atoms with Crippen molar-refractivity contribution >= 4 is 45.5 Å². The average molecular weight is 506 g/mol. The number of rotatable bonds is 5. The Labute approximate surface area is 222 Å². The van der Waals surface area contributed by atoms with E-state index < -0.39 is 0 Å². The summed E-state index contributed by atoms with van der Waals surface area (Å²) in [6.45, 7) is 3.07. The molecule has 1 aromatic heterocycles. The molecular formula is C32H31N3OS. The number of aromatic nitrogens is 1. The van der Waals surface area contributed by atoms with E-state index in [1.807, 2.05) is 41.3 Å². The third-order valence-corrected chi connectivity index (χ3v) is 8.50. The van der Waals surface area contributed by atoms with E-state index in [9.17, 15) is 4.79 Å². The smallest absolute Gasteiger partial charge is 0.267 e. The van der Waals surface area contributed by atoms with E-state index in [4.69, 9.17) is 4.99 Å². The molecule has 1 amide bonds. The van der Waals surface area contributed by atoms with Crippen LogP contribution in [0.1, 0.15) is 43.7 Å². The summed E-state index contributed by atoms with van der Waals surface area (Å²) in [6.07, 6.45) is 8.84. The molecule has 0 N–H and O–H groups in total. The zero-order valence-electron chi connectivity index (χ0n) is 21.1. The minimum absolute atomic E-state index is 0.0818. The zero-order valence-corrected chi connectivity index (χ0v) is 21.9. The molecule has 0 unspecified atom stereocenters. The molecule has 0 bridgehead atoms. The van der Waals surface area contributed by atoms with Crippen LogP contribution in [0.15, 0.2) is 101 Å². The number of para-hydroxylation sites is 2. The van der Waals surface area contributed by atoms with Crippen molar-refractivity contribution in [3.8, 4) is 0 Å². The highest BCUT2D eigenvalue weighted by molar-refractivity contribution is 8.18. The second-order valence-electron chi connectivity index (χ2n) is 10.1. The van der Waals surface area contributed by atoms with Gasteiger partial charge in [-0.3, -0.25) is 9.69 Å². The van der Waals surface area contributed by atoms with Crippen molar-refractivity contribution < 1.29 is 4.79 Å². The van der Waals surface area contributed by atoms with Crippen LogP contribution < -0.4 is 0 Å². The maximum atomic E-state index is 13.9. The normalized spacial score (nSPS) is 22.4. The fraction of sp³-hybridized carbons (Fsp3) is 0.250. The first-order valence-electron chi connectivity index (χ1n) is 13.2. The number of thioether (sulfide) groups is 1. The van der Waals surface area contributed by atoms with Crippen molar-refractivity contribution in [2.75, 3.05) is 0 Å². The van der Waals surface area contributed by atoms with Crippen LogP contribution in [-0.4, -0.2) is 26.6 Å². The summed E-state index contributed by atoms with van der Waals surface area (Å²) in [5, 5.41) is 1.96. The zero-order chi connectivity index (χ0) is 25.2. The van der Waals surface area contributed by atoms with Crippen LogP contribution in [0.2, 0.25) is 0 Å². The standard InChI is InChI=1S/C32H31N3OS/c1-23-12-8-10-18-28(23)35-31(36)30(37-32(35)33-26-15-6-3-7-16-26)20-25-22-34(21-24-13-4-2-5-14-24)29-19-11-9-17-27(25)29/h2-7,9,11,13-17,19-20,22-23,28H,8,10,12,18,21H2,1H3/b30-20-,33-32?/t23-,28-/m1/s1. The monoisotopic (exact) mass is 505 g/mol. The summed E-state index contributed by atoms with van der Waals surface area (Å²) in [6, 6.07) is 29.1. The molecule has 2 fully saturated rings. The van der Waals surface area contributed by atoms with Gasteiger partial charge < -0.3 is 4.57 Å². The Kier molecular flexibility index (Phi) is 6.71. The number of aliphatic imine (C=N–C) groups is 1. The number of hydrogen-bond donors (Lipinski definition) is 0. The van der Waals surface area contributed by atoms with E-state index >= 15 is 0 Å². The van der Waals surface area contributed by atoms with Crippen LogP contribution in [0, 0.1) is 5.92 Å². The molecule has 4 aromatic rings. The Morgan fingerprint density at radius 1 is 0.919 bits per heavy atom. The number of carbonyl (C=O) groups excluding carboxylic acids is 1. The number of carbonyl (C=O) groups is 1. The summed E-state index contributed by atoms with van der Waals surface area (Å²) in [5.74, 6) is 0.546. The third kappa shape index (κ3) is 4.88. The summed E-state index contributed by atoms with van der Waals surface area (Å²) >= 11 is 1.51. The summed E-state index contributed by atoms with van der Waals surface area (Å²) in [5.41, 5.74) is 4.38. The summed E-state index contributed by atoms with van der Waals surface area (Å²) < 4.78 is 2.28. The number of amidine groups is 1. The van der Waals surface area contributed by atoms with E-state index in [-0.39, 0.29) is 11.9 Å². The van der Waals surface area contributed by atoms with Gasteiger partial charge in [0.25, 0.3) is 5.91 Å². The number of benzene rings is 3. The number of fused-ring (bicyclic) bond motifs is 1. The Hall–Kier alpha value is -3.57. The van der Waals surface area contributed by atoms with Gasteiger partial charge in [0.2, 0.25) is 0 Å². The lowest BCUT2D eigenvalue weighted by Crippen LogP contribution is -2.44. The molecule has 6 rings (SSSR count). The maximum Gasteiger partial charge on any atom is 0.267 e. The molecule has 37 heavy (non-hydrogen) atoms. The molecule has 5 heteroatoms. The fourth-order valence-corrected chi connectivity index (χ4v) is 6.63. The molecule has 3 aromatic carbocycles. The quantitative estimate of drug-likeness (QED) is 0.259. The first-order valence-corrected chi connectivity index (χ1v) is 14.0. The average Bonchev–Trinajstić information content (AvgIpc) is 3.42. The Bertz CT molecular complexity index is 1470. The first kappa shape index (κ1) is 23.8. The molecule has 1 aliphatic heterocycles. The van der Waals surface area contributed by atoms with Crippen LogP contribution in [0.5, 0.6) is 0 Å². The van der Waals surface area contributed by atoms with Gasteiger partial charge in [-0.25, -0.2) is 4.99 Å². The molecule has 1 aliphatic carbocycles. The number of amides is 1. The van der Waals surface area contributed by atoms with Crippen LogP contribution in [-0.2, 0) is 11.3 Å². The molecule has 0 radical (unpaired) electrons. The molecule has 1 saturated carbocycles. The highest BCUT2D eigenvalue weighted by Gasteiger charge is 2.41. The van der Waals surface area contributed by atoms with E-state index in [1.54, 1.807) is 0 Å². The van der Waals surface area contributed by atoms with Gasteiger partial charge in [-0.1, -0.05) is 86.5 Å². The minimum atomic E-state index is 0.0818. The summed E-state index contributed by atoms with van der Waals surface area (Å²) in [4.78, 5) is 21.6. The van der Waals surface area contributed by atoms with Crippen LogP contribution in [0.3, 0.4) is 0 Å². The van der Waals surface area contributed by atoms with E-state index in [2.05, 4.69) is 72.3 Å². The van der Waals surface area contributed by atoms with Crippen LogP contribution in [0.25, 0.3) is 17.0 Å². The lowest BCUT2D eigenvalue weighted by molar-refractivity contribution is -0.124. The van der Waals surface area contributed by atoms with Crippen molar-refractivity contribution in [2.45, 2.75) is 45.2 Å². The van der Waals surface area contributed by atoms with Gasteiger partial charge in [-0.05, 0) is 60.4 Å². The van der Waals surface area contributed by atoms with Gasteiger partial charge in [0.15, 0.2) is 5.17 Å². The molecule has 2 heterocycles. The van der Waals surface area contributed by atoms with Crippen LogP contribution >= 0.6 is 11.8 Å². The topological polar surface area (TPSA) is 37.6 Å². The van der Waals surface area contributed by atoms with Crippen molar-refractivity contribution in [3.63, 3.8) is 0 Å².